The summed E-state index contributed by atoms with van der Waals surface area (Å²) >= 11 is 10.2. The van der Waals surface area contributed by atoms with E-state index in [0.29, 0.717) is 21.5 Å². The SMILES string of the molecule is Oc1ccc2[nH]c(=S)oc2c1.Oc1ccc2nc(Cl)oc2c1. The van der Waals surface area contributed by atoms with Crippen LogP contribution in [-0.4, -0.2) is 20.2 Å². The van der Waals surface area contributed by atoms with Crippen LogP contribution in [0.1, 0.15) is 0 Å². The maximum Gasteiger partial charge on any atom is 0.293 e. The van der Waals surface area contributed by atoms with Crippen molar-refractivity contribution in [2.75, 3.05) is 0 Å². The van der Waals surface area contributed by atoms with Crippen LogP contribution in [0.5, 0.6) is 11.5 Å². The predicted octanol–water partition coefficient (Wildman–Crippen LogP) is 4.38. The molecule has 0 amide bonds. The molecule has 0 aliphatic carbocycles. The van der Waals surface area contributed by atoms with Crippen LogP contribution in [0.15, 0.2) is 45.2 Å². The van der Waals surface area contributed by atoms with E-state index in [1.54, 1.807) is 18.2 Å². The van der Waals surface area contributed by atoms with Gasteiger partial charge in [-0.2, -0.15) is 4.98 Å². The van der Waals surface area contributed by atoms with Gasteiger partial charge < -0.3 is 24.0 Å². The van der Waals surface area contributed by atoms with E-state index in [2.05, 4.69) is 9.97 Å². The number of oxazole rings is 2. The van der Waals surface area contributed by atoms with Crippen LogP contribution in [0.2, 0.25) is 5.35 Å². The lowest BCUT2D eigenvalue weighted by Gasteiger charge is -1.87. The molecule has 0 unspecified atom stereocenters. The summed E-state index contributed by atoms with van der Waals surface area (Å²) in [6.07, 6.45) is 0. The van der Waals surface area contributed by atoms with Crippen molar-refractivity contribution in [3.63, 3.8) is 0 Å². The Morgan fingerprint density at radius 2 is 1.68 bits per heavy atom. The molecule has 4 rings (SSSR count). The van der Waals surface area contributed by atoms with Crippen molar-refractivity contribution in [2.24, 2.45) is 0 Å². The summed E-state index contributed by atoms with van der Waals surface area (Å²) in [6, 6.07) is 9.43. The quantitative estimate of drug-likeness (QED) is 0.412. The molecular weight excluding hydrogens is 328 g/mol. The van der Waals surface area contributed by atoms with E-state index in [9.17, 15) is 0 Å². The Kier molecular flexibility index (Phi) is 3.74. The molecule has 0 saturated heterocycles. The van der Waals surface area contributed by atoms with Gasteiger partial charge in [-0.15, -0.1) is 0 Å². The van der Waals surface area contributed by atoms with Gasteiger partial charge in [0, 0.05) is 12.1 Å². The summed E-state index contributed by atoms with van der Waals surface area (Å²) in [6.45, 7) is 0. The van der Waals surface area contributed by atoms with Gasteiger partial charge in [0.15, 0.2) is 11.2 Å². The molecule has 0 saturated carbocycles. The molecule has 0 radical (unpaired) electrons. The van der Waals surface area contributed by atoms with Crippen LogP contribution in [0.3, 0.4) is 0 Å². The van der Waals surface area contributed by atoms with E-state index in [-0.39, 0.29) is 16.8 Å². The number of aromatic nitrogens is 2. The second-order valence-corrected chi connectivity index (χ2v) is 5.01. The van der Waals surface area contributed by atoms with Gasteiger partial charge in [-0.1, -0.05) is 0 Å². The van der Waals surface area contributed by atoms with E-state index in [1.807, 2.05) is 0 Å². The highest BCUT2D eigenvalue weighted by atomic mass is 35.5. The predicted molar refractivity (Wildman–Crippen MR) is 83.7 cm³/mol. The lowest BCUT2D eigenvalue weighted by Crippen LogP contribution is -1.66. The van der Waals surface area contributed by atoms with Crippen LogP contribution in [-0.2, 0) is 0 Å². The summed E-state index contributed by atoms with van der Waals surface area (Å²) < 4.78 is 9.99. The number of phenols is 2. The molecule has 0 fully saturated rings. The average molecular weight is 337 g/mol. The molecule has 4 aromatic rings. The highest BCUT2D eigenvalue weighted by Crippen LogP contribution is 2.22. The van der Waals surface area contributed by atoms with E-state index in [4.69, 9.17) is 42.9 Å². The van der Waals surface area contributed by atoms with Crippen molar-refractivity contribution >= 4 is 46.0 Å². The van der Waals surface area contributed by atoms with E-state index < -0.39 is 0 Å². The van der Waals surface area contributed by atoms with Crippen LogP contribution in [0.25, 0.3) is 22.2 Å². The highest BCUT2D eigenvalue weighted by Gasteiger charge is 2.02. The van der Waals surface area contributed by atoms with Crippen LogP contribution in [0.4, 0.5) is 0 Å². The highest BCUT2D eigenvalue weighted by molar-refractivity contribution is 7.71. The number of hydrogen-bond acceptors (Lipinski definition) is 6. The number of aromatic hydroxyl groups is 2. The Morgan fingerprint density at radius 1 is 1.00 bits per heavy atom. The monoisotopic (exact) mass is 336 g/mol. The molecule has 0 aliphatic heterocycles. The Morgan fingerprint density at radius 3 is 2.45 bits per heavy atom. The number of fused-ring (bicyclic) bond motifs is 2. The van der Waals surface area contributed by atoms with Gasteiger partial charge in [0.05, 0.1) is 5.52 Å². The third kappa shape index (κ3) is 3.05. The van der Waals surface area contributed by atoms with Gasteiger partial charge in [0.2, 0.25) is 0 Å². The molecule has 3 N–H and O–H groups in total. The summed E-state index contributed by atoms with van der Waals surface area (Å²) in [4.78, 5) is 6.99. The molecule has 0 atom stereocenters. The number of aromatic amines is 1. The fraction of sp³-hybridized carbons (Fsp3) is 0. The van der Waals surface area contributed by atoms with Gasteiger partial charge in [-0.25, -0.2) is 0 Å². The van der Waals surface area contributed by atoms with Crippen molar-refractivity contribution in [3.8, 4) is 11.5 Å². The second kappa shape index (κ2) is 5.70. The topological polar surface area (TPSA) is 95.4 Å². The van der Waals surface area contributed by atoms with Crippen LogP contribution < -0.4 is 0 Å². The van der Waals surface area contributed by atoms with Crippen molar-refractivity contribution in [1.29, 1.82) is 0 Å². The molecule has 112 valence electrons. The number of benzene rings is 2. The molecule has 2 aromatic heterocycles. The molecule has 0 spiro atoms. The smallest absolute Gasteiger partial charge is 0.293 e. The van der Waals surface area contributed by atoms with Crippen molar-refractivity contribution in [2.45, 2.75) is 0 Å². The first-order valence-corrected chi connectivity index (χ1v) is 6.87. The van der Waals surface area contributed by atoms with Gasteiger partial charge in [0.25, 0.3) is 10.2 Å². The number of nitrogens with zero attached hydrogens (tertiary/aromatic N) is 1. The van der Waals surface area contributed by atoms with Gasteiger partial charge >= 0.3 is 0 Å². The fourth-order valence-electron chi connectivity index (χ4n) is 1.82. The van der Waals surface area contributed by atoms with Crippen molar-refractivity contribution in [3.05, 3.63) is 46.6 Å². The van der Waals surface area contributed by atoms with Gasteiger partial charge in [-0.3, -0.25) is 0 Å². The number of hydrogen-bond donors (Lipinski definition) is 3. The zero-order chi connectivity index (χ0) is 15.7. The number of H-pyrrole nitrogens is 1. The first-order valence-electron chi connectivity index (χ1n) is 6.08. The van der Waals surface area contributed by atoms with Gasteiger partial charge in [0.1, 0.15) is 17.0 Å². The van der Waals surface area contributed by atoms with Gasteiger partial charge in [-0.05, 0) is 48.1 Å². The number of halogens is 1. The third-order valence-corrected chi connectivity index (χ3v) is 3.10. The third-order valence-electron chi connectivity index (χ3n) is 2.75. The van der Waals surface area contributed by atoms with Crippen molar-refractivity contribution in [1.82, 2.24) is 9.97 Å². The maximum atomic E-state index is 9.03. The number of nitrogens with one attached hydrogen (secondary N) is 1. The maximum absolute atomic E-state index is 9.03. The first-order chi connectivity index (χ1) is 10.5. The molecule has 6 nitrogen and oxygen atoms in total. The standard InChI is InChI=1S/C7H4ClNO2.C7H5NO2S/c8-7-9-5-2-1-4(10)3-6(5)11-7;9-4-1-2-5-6(3-4)10-7(11)8-5/h1-3,10H;1-3,9H,(H,8,11). The molecule has 8 heteroatoms. The number of phenolic OH excluding ortho intramolecular Hbond substituents is 2. The Labute approximate surface area is 133 Å². The lowest BCUT2D eigenvalue weighted by atomic mass is 10.3. The zero-order valence-corrected chi connectivity index (χ0v) is 12.5. The normalized spacial score (nSPS) is 10.6. The first kappa shape index (κ1) is 14.4. The van der Waals surface area contributed by atoms with Crippen LogP contribution >= 0.6 is 23.8 Å². The fourth-order valence-corrected chi connectivity index (χ4v) is 2.19. The molecule has 2 aromatic carbocycles. The van der Waals surface area contributed by atoms with Crippen molar-refractivity contribution < 1.29 is 19.0 Å². The van der Waals surface area contributed by atoms with Crippen LogP contribution in [0, 0.1) is 4.84 Å². The largest absolute Gasteiger partial charge is 0.508 e. The second-order valence-electron chi connectivity index (χ2n) is 4.31. The Hall–Kier alpha value is -2.51. The Bertz CT molecular complexity index is 1000. The molecular formula is C14H9ClN2O4S. The number of rotatable bonds is 0. The van der Waals surface area contributed by atoms with E-state index in [0.717, 1.165) is 5.52 Å². The minimum Gasteiger partial charge on any atom is -0.508 e. The zero-order valence-electron chi connectivity index (χ0n) is 10.9. The molecule has 22 heavy (non-hydrogen) atoms. The van der Waals surface area contributed by atoms with E-state index >= 15 is 0 Å². The minimum absolute atomic E-state index is 0.0885. The summed E-state index contributed by atoms with van der Waals surface area (Å²) in [5.74, 6) is 0.320. The summed E-state index contributed by atoms with van der Waals surface area (Å²) in [5.41, 5.74) is 2.52. The summed E-state index contributed by atoms with van der Waals surface area (Å²) in [7, 11) is 0. The molecule has 2 heterocycles. The average Bonchev–Trinajstić information content (AvgIpc) is 2.99. The Balaban J connectivity index is 0.000000131. The molecule has 0 bridgehead atoms. The van der Waals surface area contributed by atoms with E-state index in [1.165, 1.54) is 18.2 Å². The molecule has 0 aliphatic rings. The minimum atomic E-state index is 0.0885. The summed E-state index contributed by atoms with van der Waals surface area (Å²) in [5, 5.41) is 18.1. The lowest BCUT2D eigenvalue weighted by molar-refractivity contribution is 0.473.